The highest BCUT2D eigenvalue weighted by Gasteiger charge is 2.28. The fraction of sp³-hybridized carbons (Fsp3) is 0.588. The highest BCUT2D eigenvalue weighted by atomic mass is 35.5. The Kier molecular flexibility index (Phi) is 5.36. The first kappa shape index (κ1) is 17.2. The molecule has 0 aromatic heterocycles. The van der Waals surface area contributed by atoms with Crippen molar-refractivity contribution in [3.63, 3.8) is 0 Å². The van der Waals surface area contributed by atoms with Crippen LogP contribution in [0, 0.1) is 10.1 Å². The molecule has 0 unspecified atom stereocenters. The third-order valence-electron chi connectivity index (χ3n) is 5.05. The van der Waals surface area contributed by atoms with Gasteiger partial charge in [0.15, 0.2) is 0 Å². The van der Waals surface area contributed by atoms with Crippen molar-refractivity contribution in [1.29, 1.82) is 0 Å². The Morgan fingerprint density at radius 1 is 1.12 bits per heavy atom. The third-order valence-corrected chi connectivity index (χ3v) is 5.37. The first-order valence-electron chi connectivity index (χ1n) is 8.53. The molecule has 1 aromatic carbocycles. The van der Waals surface area contributed by atoms with Crippen LogP contribution in [0.25, 0.3) is 0 Å². The molecular weight excluding hydrogens is 330 g/mol. The van der Waals surface area contributed by atoms with E-state index in [9.17, 15) is 14.9 Å². The molecule has 0 saturated carbocycles. The lowest BCUT2D eigenvalue weighted by atomic mass is 9.99. The van der Waals surface area contributed by atoms with Crippen molar-refractivity contribution in [2.45, 2.75) is 38.1 Å². The van der Waals surface area contributed by atoms with Gasteiger partial charge in [-0.25, -0.2) is 0 Å². The van der Waals surface area contributed by atoms with Crippen LogP contribution in [-0.2, 0) is 0 Å². The van der Waals surface area contributed by atoms with Gasteiger partial charge in [0.1, 0.15) is 5.02 Å². The fourth-order valence-electron chi connectivity index (χ4n) is 3.69. The molecule has 1 aromatic rings. The van der Waals surface area contributed by atoms with Crippen molar-refractivity contribution < 1.29 is 9.72 Å². The third kappa shape index (κ3) is 3.70. The van der Waals surface area contributed by atoms with Gasteiger partial charge in [0.05, 0.1) is 4.92 Å². The fourth-order valence-corrected chi connectivity index (χ4v) is 3.87. The molecule has 2 heterocycles. The Morgan fingerprint density at radius 2 is 1.79 bits per heavy atom. The molecule has 2 fully saturated rings. The molecule has 1 amide bonds. The zero-order chi connectivity index (χ0) is 17.1. The van der Waals surface area contributed by atoms with E-state index >= 15 is 0 Å². The van der Waals surface area contributed by atoms with Crippen LogP contribution >= 0.6 is 11.6 Å². The van der Waals surface area contributed by atoms with Crippen LogP contribution in [0.15, 0.2) is 18.2 Å². The number of likely N-dealkylation sites (tertiary alicyclic amines) is 2. The topological polar surface area (TPSA) is 66.7 Å². The molecule has 2 saturated heterocycles. The number of carbonyl (C=O) groups is 1. The maximum atomic E-state index is 12.6. The molecule has 2 aliphatic rings. The van der Waals surface area contributed by atoms with Gasteiger partial charge in [-0.1, -0.05) is 18.0 Å². The quantitative estimate of drug-likeness (QED) is 0.618. The number of nitrogens with zero attached hydrogens (tertiary/aromatic N) is 3. The van der Waals surface area contributed by atoms with Crippen LogP contribution in [0.3, 0.4) is 0 Å². The Morgan fingerprint density at radius 3 is 2.42 bits per heavy atom. The van der Waals surface area contributed by atoms with E-state index in [-0.39, 0.29) is 16.6 Å². The minimum Gasteiger partial charge on any atom is -0.339 e. The second-order valence-corrected chi connectivity index (χ2v) is 6.95. The molecule has 0 N–H and O–H groups in total. The zero-order valence-corrected chi connectivity index (χ0v) is 14.4. The molecule has 3 rings (SSSR count). The molecule has 0 aliphatic carbocycles. The van der Waals surface area contributed by atoms with Gasteiger partial charge in [0, 0.05) is 30.8 Å². The van der Waals surface area contributed by atoms with Gasteiger partial charge in [0.25, 0.3) is 11.6 Å². The standard InChI is InChI=1S/C17H22ClN3O3/c18-15-5-4-13(12-16(15)21(23)24)17(22)20-10-6-14(7-11-20)19-8-2-1-3-9-19/h4-5,12,14H,1-3,6-11H2. The number of rotatable bonds is 3. The van der Waals surface area contributed by atoms with Gasteiger partial charge < -0.3 is 9.80 Å². The van der Waals surface area contributed by atoms with E-state index in [0.717, 1.165) is 12.8 Å². The van der Waals surface area contributed by atoms with E-state index in [4.69, 9.17) is 11.6 Å². The van der Waals surface area contributed by atoms with Crippen molar-refractivity contribution in [2.24, 2.45) is 0 Å². The van der Waals surface area contributed by atoms with Crippen molar-refractivity contribution in [1.82, 2.24) is 9.80 Å². The van der Waals surface area contributed by atoms with Crippen LogP contribution in [0.1, 0.15) is 42.5 Å². The molecule has 2 aliphatic heterocycles. The van der Waals surface area contributed by atoms with Gasteiger partial charge in [-0.15, -0.1) is 0 Å². The number of piperidine rings is 2. The number of nitro groups is 1. The molecule has 0 bridgehead atoms. The number of hydrogen-bond donors (Lipinski definition) is 0. The summed E-state index contributed by atoms with van der Waals surface area (Å²) in [6.45, 7) is 3.75. The highest BCUT2D eigenvalue weighted by Crippen LogP contribution is 2.27. The van der Waals surface area contributed by atoms with E-state index in [1.807, 2.05) is 0 Å². The monoisotopic (exact) mass is 351 g/mol. The van der Waals surface area contributed by atoms with Crippen molar-refractivity contribution >= 4 is 23.2 Å². The van der Waals surface area contributed by atoms with Crippen LogP contribution in [0.4, 0.5) is 5.69 Å². The number of benzene rings is 1. The Hall–Kier alpha value is -1.66. The Balaban J connectivity index is 1.62. The number of hydrogen-bond acceptors (Lipinski definition) is 4. The van der Waals surface area contributed by atoms with Gasteiger partial charge in [0.2, 0.25) is 0 Å². The number of nitro benzene ring substituents is 1. The molecule has 0 radical (unpaired) electrons. The summed E-state index contributed by atoms with van der Waals surface area (Å²) in [6.07, 6.45) is 5.81. The van der Waals surface area contributed by atoms with Crippen LogP contribution in [0.2, 0.25) is 5.02 Å². The van der Waals surface area contributed by atoms with Gasteiger partial charge in [-0.2, -0.15) is 0 Å². The summed E-state index contributed by atoms with van der Waals surface area (Å²) in [5.74, 6) is -0.146. The van der Waals surface area contributed by atoms with Crippen LogP contribution < -0.4 is 0 Å². The van der Waals surface area contributed by atoms with E-state index in [0.29, 0.717) is 24.7 Å². The van der Waals surface area contributed by atoms with Crippen LogP contribution in [0.5, 0.6) is 0 Å². The smallest absolute Gasteiger partial charge is 0.288 e. The lowest BCUT2D eigenvalue weighted by molar-refractivity contribution is -0.384. The SMILES string of the molecule is O=C(c1ccc(Cl)c([N+](=O)[O-])c1)N1CCC(N2CCCCC2)CC1. The second kappa shape index (κ2) is 7.49. The van der Waals surface area contributed by atoms with Crippen molar-refractivity contribution in [2.75, 3.05) is 26.2 Å². The maximum absolute atomic E-state index is 12.6. The summed E-state index contributed by atoms with van der Waals surface area (Å²) >= 11 is 5.81. The summed E-state index contributed by atoms with van der Waals surface area (Å²) in [7, 11) is 0. The van der Waals surface area contributed by atoms with Crippen molar-refractivity contribution in [3.8, 4) is 0 Å². The molecule has 7 heteroatoms. The normalized spacial score (nSPS) is 20.1. The van der Waals surface area contributed by atoms with E-state index in [1.165, 1.54) is 44.5 Å². The molecule has 0 atom stereocenters. The van der Waals surface area contributed by atoms with Gasteiger partial charge >= 0.3 is 0 Å². The minimum atomic E-state index is -0.554. The van der Waals surface area contributed by atoms with Crippen LogP contribution in [-0.4, -0.2) is 52.9 Å². The lowest BCUT2D eigenvalue weighted by Gasteiger charge is -2.40. The van der Waals surface area contributed by atoms with Gasteiger partial charge in [-0.05, 0) is 50.9 Å². The Labute approximate surface area is 146 Å². The molecule has 0 spiro atoms. The average molecular weight is 352 g/mol. The molecule has 130 valence electrons. The summed E-state index contributed by atoms with van der Waals surface area (Å²) in [4.78, 5) is 27.4. The molecule has 6 nitrogen and oxygen atoms in total. The summed E-state index contributed by atoms with van der Waals surface area (Å²) in [5, 5.41) is 11.0. The van der Waals surface area contributed by atoms with E-state index in [1.54, 1.807) is 11.0 Å². The van der Waals surface area contributed by atoms with E-state index in [2.05, 4.69) is 4.90 Å². The number of amides is 1. The Bertz CT molecular complexity index is 624. The molecular formula is C17H22ClN3O3. The summed E-state index contributed by atoms with van der Waals surface area (Å²) < 4.78 is 0. The predicted octanol–water partition coefficient (Wildman–Crippen LogP) is 3.34. The van der Waals surface area contributed by atoms with E-state index < -0.39 is 4.92 Å². The number of carbonyl (C=O) groups excluding carboxylic acids is 1. The second-order valence-electron chi connectivity index (χ2n) is 6.54. The first-order chi connectivity index (χ1) is 11.6. The minimum absolute atomic E-state index is 0.0559. The summed E-state index contributed by atoms with van der Waals surface area (Å²) in [6, 6.07) is 4.83. The highest BCUT2D eigenvalue weighted by molar-refractivity contribution is 6.32. The lowest BCUT2D eigenvalue weighted by Crippen LogP contribution is -2.48. The predicted molar refractivity (Wildman–Crippen MR) is 92.5 cm³/mol. The zero-order valence-electron chi connectivity index (χ0n) is 13.6. The summed E-state index contributed by atoms with van der Waals surface area (Å²) in [5.41, 5.74) is 0.119. The number of halogens is 1. The van der Waals surface area contributed by atoms with Crippen molar-refractivity contribution in [3.05, 3.63) is 38.9 Å². The molecule has 24 heavy (non-hydrogen) atoms. The average Bonchev–Trinajstić information content (AvgIpc) is 2.62. The largest absolute Gasteiger partial charge is 0.339 e. The van der Waals surface area contributed by atoms with Gasteiger partial charge in [-0.3, -0.25) is 14.9 Å². The first-order valence-corrected chi connectivity index (χ1v) is 8.91. The maximum Gasteiger partial charge on any atom is 0.288 e.